The van der Waals surface area contributed by atoms with Gasteiger partial charge in [0.05, 0.1) is 30.4 Å². The molecule has 1 fully saturated rings. The molecular formula is C21H22ClF3N4O2. The molecule has 1 N–H and O–H groups in total. The fourth-order valence-corrected chi connectivity index (χ4v) is 4.29. The molecule has 4 rings (SSSR count). The molecule has 0 unspecified atom stereocenters. The zero-order chi connectivity index (χ0) is 22.6. The number of nitrogens with one attached hydrogen (secondary N) is 1. The molecule has 166 valence electrons. The predicted molar refractivity (Wildman–Crippen MR) is 108 cm³/mol. The topological polar surface area (TPSA) is 67.3 Å². The number of halogens is 4. The maximum absolute atomic E-state index is 13.3. The maximum atomic E-state index is 13.3. The molecular weight excluding hydrogens is 433 g/mol. The Morgan fingerprint density at radius 3 is 2.61 bits per heavy atom. The lowest BCUT2D eigenvalue weighted by atomic mass is 9.97. The van der Waals surface area contributed by atoms with Crippen LogP contribution >= 0.6 is 11.6 Å². The molecule has 2 aromatic rings. The number of methoxy groups -OCH3 is 1. The lowest BCUT2D eigenvalue weighted by Crippen LogP contribution is -2.38. The molecule has 0 radical (unpaired) electrons. The van der Waals surface area contributed by atoms with E-state index in [-0.39, 0.29) is 29.8 Å². The molecule has 1 aromatic carbocycles. The third kappa shape index (κ3) is 3.96. The number of amides is 1. The minimum Gasteiger partial charge on any atom is -0.368 e. The number of aromatic nitrogens is 2. The second kappa shape index (κ2) is 7.63. The van der Waals surface area contributed by atoms with E-state index in [0.717, 1.165) is 6.07 Å². The van der Waals surface area contributed by atoms with E-state index in [1.165, 1.54) is 20.1 Å². The smallest absolute Gasteiger partial charge is 0.368 e. The summed E-state index contributed by atoms with van der Waals surface area (Å²) >= 11 is 6.09. The summed E-state index contributed by atoms with van der Waals surface area (Å²) in [5.74, 6) is 0.314. The van der Waals surface area contributed by atoms with Crippen LogP contribution in [0.3, 0.4) is 0 Å². The number of carbonyl (C=O) groups is 1. The average molecular weight is 455 g/mol. The zero-order valence-corrected chi connectivity index (χ0v) is 18.1. The van der Waals surface area contributed by atoms with Crippen LogP contribution in [0.25, 0.3) is 0 Å². The van der Waals surface area contributed by atoms with Gasteiger partial charge in [0.1, 0.15) is 11.4 Å². The SMILES string of the molecule is COC1(C(=O)N2Cc3nc(Cl)nc(N[C@H](C)c4cccc(C(F)(F)F)c4C)c3C2)CC1. The molecule has 1 amide bonds. The van der Waals surface area contributed by atoms with Gasteiger partial charge in [-0.1, -0.05) is 12.1 Å². The number of rotatable bonds is 5. The van der Waals surface area contributed by atoms with E-state index in [0.29, 0.717) is 35.5 Å². The van der Waals surface area contributed by atoms with Crippen LogP contribution in [-0.4, -0.2) is 33.5 Å². The van der Waals surface area contributed by atoms with Crippen molar-refractivity contribution in [3.63, 3.8) is 0 Å². The Balaban J connectivity index is 1.60. The Kier molecular flexibility index (Phi) is 5.37. The van der Waals surface area contributed by atoms with Crippen LogP contribution in [0, 0.1) is 6.92 Å². The predicted octanol–water partition coefficient (Wildman–Crippen LogP) is 4.65. The number of carbonyl (C=O) groups excluding carboxylic acids is 1. The first-order valence-corrected chi connectivity index (χ1v) is 10.3. The summed E-state index contributed by atoms with van der Waals surface area (Å²) in [6.45, 7) is 3.78. The number of ether oxygens (including phenoxy) is 1. The van der Waals surface area contributed by atoms with E-state index >= 15 is 0 Å². The third-order valence-electron chi connectivity index (χ3n) is 6.03. The van der Waals surface area contributed by atoms with Gasteiger partial charge in [0.2, 0.25) is 5.28 Å². The number of benzene rings is 1. The number of fused-ring (bicyclic) bond motifs is 1. The summed E-state index contributed by atoms with van der Waals surface area (Å²) in [5.41, 5.74) is 0.558. The number of hydrogen-bond donors (Lipinski definition) is 1. The van der Waals surface area contributed by atoms with Gasteiger partial charge in [0.15, 0.2) is 0 Å². The van der Waals surface area contributed by atoms with E-state index in [2.05, 4.69) is 15.3 Å². The quantitative estimate of drug-likeness (QED) is 0.666. The second-order valence-electron chi connectivity index (χ2n) is 8.01. The Labute approximate surface area is 182 Å². The van der Waals surface area contributed by atoms with Crippen molar-refractivity contribution < 1.29 is 22.7 Å². The lowest BCUT2D eigenvalue weighted by Gasteiger charge is -2.22. The average Bonchev–Trinajstić information content (AvgIpc) is 3.38. The molecule has 1 aromatic heterocycles. The van der Waals surface area contributed by atoms with E-state index in [1.807, 2.05) is 0 Å². The van der Waals surface area contributed by atoms with Crippen LogP contribution in [0.15, 0.2) is 18.2 Å². The van der Waals surface area contributed by atoms with Crippen LogP contribution in [0.1, 0.15) is 53.8 Å². The highest BCUT2D eigenvalue weighted by atomic mass is 35.5. The molecule has 2 aliphatic rings. The molecule has 31 heavy (non-hydrogen) atoms. The molecule has 10 heteroatoms. The normalized spacial score (nSPS) is 18.0. The highest BCUT2D eigenvalue weighted by Crippen LogP contribution is 2.43. The Morgan fingerprint density at radius 1 is 1.29 bits per heavy atom. The van der Waals surface area contributed by atoms with Crippen LogP contribution in [0.4, 0.5) is 19.0 Å². The molecule has 0 saturated heterocycles. The Bertz CT molecular complexity index is 1040. The van der Waals surface area contributed by atoms with Crippen molar-refractivity contribution in [3.05, 3.63) is 51.4 Å². The van der Waals surface area contributed by atoms with Crippen molar-refractivity contribution in [2.75, 3.05) is 12.4 Å². The first-order valence-electron chi connectivity index (χ1n) is 9.89. The molecule has 1 aliphatic carbocycles. The number of alkyl halides is 3. The summed E-state index contributed by atoms with van der Waals surface area (Å²) in [4.78, 5) is 23.0. The number of nitrogens with zero attached hydrogens (tertiary/aromatic N) is 3. The summed E-state index contributed by atoms with van der Waals surface area (Å²) in [6.07, 6.45) is -3.07. The first kappa shape index (κ1) is 21.8. The molecule has 1 atom stereocenters. The molecule has 0 bridgehead atoms. The Hall–Kier alpha value is -2.39. The lowest BCUT2D eigenvalue weighted by molar-refractivity contribution is -0.145. The van der Waals surface area contributed by atoms with E-state index in [4.69, 9.17) is 16.3 Å². The van der Waals surface area contributed by atoms with Gasteiger partial charge in [-0.05, 0) is 55.5 Å². The Morgan fingerprint density at radius 2 is 2.00 bits per heavy atom. The van der Waals surface area contributed by atoms with Gasteiger partial charge in [0.25, 0.3) is 5.91 Å². The third-order valence-corrected chi connectivity index (χ3v) is 6.20. The van der Waals surface area contributed by atoms with Gasteiger partial charge in [-0.15, -0.1) is 0 Å². The summed E-state index contributed by atoms with van der Waals surface area (Å²) in [5, 5.41) is 3.19. The highest BCUT2D eigenvalue weighted by molar-refractivity contribution is 6.28. The van der Waals surface area contributed by atoms with Gasteiger partial charge in [0, 0.05) is 12.7 Å². The fraction of sp³-hybridized carbons (Fsp3) is 0.476. The zero-order valence-electron chi connectivity index (χ0n) is 17.3. The van der Waals surface area contributed by atoms with Crippen molar-refractivity contribution >= 4 is 23.3 Å². The molecule has 1 saturated carbocycles. The standard InChI is InChI=1S/C21H22ClF3N4O2/c1-11-13(5-4-6-15(11)21(23,24)25)12(2)26-17-14-9-29(10-16(14)27-19(22)28-17)18(30)20(31-3)7-8-20/h4-6,12H,7-10H2,1-3H3,(H,26,27,28)/t12-/m1/s1. The molecule has 2 heterocycles. The van der Waals surface area contributed by atoms with Crippen LogP contribution < -0.4 is 5.32 Å². The van der Waals surface area contributed by atoms with Crippen LogP contribution in [-0.2, 0) is 28.8 Å². The van der Waals surface area contributed by atoms with Crippen molar-refractivity contribution in [1.82, 2.24) is 14.9 Å². The first-order chi connectivity index (χ1) is 14.6. The minimum atomic E-state index is -4.43. The van der Waals surface area contributed by atoms with Crippen molar-refractivity contribution in [2.24, 2.45) is 0 Å². The van der Waals surface area contributed by atoms with Crippen LogP contribution in [0.5, 0.6) is 0 Å². The summed E-state index contributed by atoms with van der Waals surface area (Å²) in [7, 11) is 1.52. The van der Waals surface area contributed by atoms with Gasteiger partial charge in [-0.25, -0.2) is 9.97 Å². The van der Waals surface area contributed by atoms with E-state index in [1.54, 1.807) is 17.9 Å². The van der Waals surface area contributed by atoms with Gasteiger partial charge in [-0.3, -0.25) is 4.79 Å². The van der Waals surface area contributed by atoms with E-state index in [9.17, 15) is 18.0 Å². The highest BCUT2D eigenvalue weighted by Gasteiger charge is 2.53. The largest absolute Gasteiger partial charge is 0.416 e. The number of anilines is 1. The van der Waals surface area contributed by atoms with Crippen molar-refractivity contribution in [2.45, 2.75) is 57.6 Å². The number of hydrogen-bond acceptors (Lipinski definition) is 5. The van der Waals surface area contributed by atoms with Gasteiger partial charge in [-0.2, -0.15) is 13.2 Å². The summed E-state index contributed by atoms with van der Waals surface area (Å²) < 4.78 is 45.3. The fourth-order valence-electron chi connectivity index (χ4n) is 4.11. The van der Waals surface area contributed by atoms with Gasteiger partial charge >= 0.3 is 6.18 Å². The summed E-state index contributed by atoms with van der Waals surface area (Å²) in [6, 6.07) is 3.63. The maximum Gasteiger partial charge on any atom is 0.416 e. The van der Waals surface area contributed by atoms with E-state index < -0.39 is 23.4 Å². The monoisotopic (exact) mass is 454 g/mol. The van der Waals surface area contributed by atoms with Crippen LogP contribution in [0.2, 0.25) is 5.28 Å². The molecule has 6 nitrogen and oxygen atoms in total. The molecule has 0 spiro atoms. The second-order valence-corrected chi connectivity index (χ2v) is 8.35. The van der Waals surface area contributed by atoms with Crippen molar-refractivity contribution in [1.29, 1.82) is 0 Å². The minimum absolute atomic E-state index is 0.0105. The molecule has 1 aliphatic heterocycles. The van der Waals surface area contributed by atoms with Gasteiger partial charge < -0.3 is 15.0 Å². The van der Waals surface area contributed by atoms with Crippen molar-refractivity contribution in [3.8, 4) is 0 Å².